The number of hydrogen-bond acceptors (Lipinski definition) is 4. The molecule has 6 heteroatoms. The molecule has 1 saturated carbocycles. The summed E-state index contributed by atoms with van der Waals surface area (Å²) in [6.07, 6.45) is 1.81. The van der Waals surface area contributed by atoms with Gasteiger partial charge in [0.25, 0.3) is 0 Å². The van der Waals surface area contributed by atoms with Crippen molar-refractivity contribution < 1.29 is 17.9 Å². The fraction of sp³-hybridized carbons (Fsp3) is 0.533. The van der Waals surface area contributed by atoms with Crippen LogP contribution in [0.5, 0.6) is 0 Å². The number of esters is 1. The lowest BCUT2D eigenvalue weighted by molar-refractivity contribution is -0.145. The van der Waals surface area contributed by atoms with Crippen LogP contribution >= 0.6 is 0 Å². The van der Waals surface area contributed by atoms with Gasteiger partial charge in [-0.25, -0.2) is 13.1 Å². The first-order chi connectivity index (χ1) is 9.94. The summed E-state index contributed by atoms with van der Waals surface area (Å²) in [6, 6.07) is 7.67. The monoisotopic (exact) mass is 311 g/mol. The molecule has 116 valence electrons. The molecule has 1 fully saturated rings. The van der Waals surface area contributed by atoms with Crippen molar-refractivity contribution in [2.45, 2.75) is 38.0 Å². The van der Waals surface area contributed by atoms with E-state index >= 15 is 0 Å². The molecule has 0 bridgehead atoms. The number of aryl methyl sites for hydroxylation is 1. The van der Waals surface area contributed by atoms with Gasteiger partial charge in [-0.05, 0) is 25.3 Å². The molecule has 5 nitrogen and oxygen atoms in total. The van der Waals surface area contributed by atoms with Crippen molar-refractivity contribution in [3.63, 3.8) is 0 Å². The Labute approximate surface area is 125 Å². The van der Waals surface area contributed by atoms with Crippen molar-refractivity contribution in [1.82, 2.24) is 4.72 Å². The van der Waals surface area contributed by atoms with E-state index in [0.29, 0.717) is 12.8 Å². The second kappa shape index (κ2) is 6.58. The van der Waals surface area contributed by atoms with Crippen LogP contribution in [0.25, 0.3) is 0 Å². The van der Waals surface area contributed by atoms with Crippen LogP contribution in [0.4, 0.5) is 0 Å². The normalized spacial score (nSPS) is 22.2. The molecular formula is C15H21NO4S. The molecule has 0 aliphatic heterocycles. The highest BCUT2D eigenvalue weighted by molar-refractivity contribution is 7.90. The third-order valence-corrected chi connectivity index (χ3v) is 5.86. The average molecular weight is 311 g/mol. The number of hydrogen-bond donors (Lipinski definition) is 1. The van der Waals surface area contributed by atoms with Gasteiger partial charge in [-0.3, -0.25) is 4.79 Å². The molecule has 0 aromatic heterocycles. The molecule has 1 aliphatic carbocycles. The van der Waals surface area contributed by atoms with Crippen LogP contribution in [0.15, 0.2) is 24.3 Å². The lowest BCUT2D eigenvalue weighted by Gasteiger charge is -2.18. The third-order valence-electron chi connectivity index (χ3n) is 3.95. The second-order valence-corrected chi connectivity index (χ2v) is 7.43. The Kier molecular flexibility index (Phi) is 5.00. The molecular weight excluding hydrogens is 290 g/mol. The topological polar surface area (TPSA) is 72.5 Å². The number of sulfonamides is 1. The van der Waals surface area contributed by atoms with Gasteiger partial charge >= 0.3 is 5.97 Å². The van der Waals surface area contributed by atoms with E-state index in [1.54, 1.807) is 0 Å². The van der Waals surface area contributed by atoms with Crippen LogP contribution in [0.3, 0.4) is 0 Å². The van der Waals surface area contributed by atoms with Crippen molar-refractivity contribution in [3.8, 4) is 0 Å². The van der Waals surface area contributed by atoms with Crippen LogP contribution in [0.1, 0.15) is 30.4 Å². The van der Waals surface area contributed by atoms with Crippen LogP contribution in [0.2, 0.25) is 0 Å². The van der Waals surface area contributed by atoms with E-state index in [0.717, 1.165) is 17.5 Å². The number of carbonyl (C=O) groups is 1. The molecule has 2 unspecified atom stereocenters. The Balaban J connectivity index is 2.04. The highest BCUT2D eigenvalue weighted by atomic mass is 32.2. The summed E-state index contributed by atoms with van der Waals surface area (Å²) in [7, 11) is -2.23. The molecule has 0 spiro atoms. The van der Waals surface area contributed by atoms with Crippen LogP contribution < -0.4 is 4.72 Å². The fourth-order valence-electron chi connectivity index (χ4n) is 2.72. The van der Waals surface area contributed by atoms with E-state index in [1.165, 1.54) is 7.11 Å². The standard InChI is InChI=1S/C15H21NO4S/c1-11-6-8-12(9-7-11)10-16-21(18,19)14-5-3-4-13(14)15(17)20-2/h6-9,13-14,16H,3-5,10H2,1-2H3. The van der Waals surface area contributed by atoms with Gasteiger partial charge in [0.2, 0.25) is 10.0 Å². The maximum Gasteiger partial charge on any atom is 0.310 e. The Morgan fingerprint density at radius 2 is 1.95 bits per heavy atom. The Hall–Kier alpha value is -1.40. The van der Waals surface area contributed by atoms with Gasteiger partial charge in [0.05, 0.1) is 18.3 Å². The molecule has 0 heterocycles. The Morgan fingerprint density at radius 3 is 2.57 bits per heavy atom. The number of methoxy groups -OCH3 is 1. The number of nitrogens with one attached hydrogen (secondary N) is 1. The van der Waals surface area contributed by atoms with E-state index < -0.39 is 27.2 Å². The zero-order valence-corrected chi connectivity index (χ0v) is 13.2. The number of carbonyl (C=O) groups excluding carboxylic acids is 1. The predicted molar refractivity (Wildman–Crippen MR) is 80.1 cm³/mol. The molecule has 2 atom stereocenters. The molecule has 1 aliphatic rings. The van der Waals surface area contributed by atoms with E-state index in [9.17, 15) is 13.2 Å². The summed E-state index contributed by atoms with van der Waals surface area (Å²) >= 11 is 0. The summed E-state index contributed by atoms with van der Waals surface area (Å²) < 4.78 is 32.1. The first-order valence-electron chi connectivity index (χ1n) is 7.06. The molecule has 0 saturated heterocycles. The summed E-state index contributed by atoms with van der Waals surface area (Å²) in [6.45, 7) is 2.22. The maximum atomic E-state index is 12.4. The van der Waals surface area contributed by atoms with Crippen molar-refractivity contribution in [3.05, 3.63) is 35.4 Å². The summed E-state index contributed by atoms with van der Waals surface area (Å²) in [5, 5.41) is -0.685. The zero-order chi connectivity index (χ0) is 15.5. The van der Waals surface area contributed by atoms with Gasteiger partial charge in [0, 0.05) is 6.54 Å². The van der Waals surface area contributed by atoms with Crippen LogP contribution in [0, 0.1) is 12.8 Å². The molecule has 1 aromatic rings. The second-order valence-electron chi connectivity index (χ2n) is 5.45. The van der Waals surface area contributed by atoms with E-state index in [4.69, 9.17) is 4.74 Å². The van der Waals surface area contributed by atoms with Crippen LogP contribution in [-0.2, 0) is 26.1 Å². The molecule has 0 amide bonds. The van der Waals surface area contributed by atoms with E-state index in [-0.39, 0.29) is 6.54 Å². The van der Waals surface area contributed by atoms with Gasteiger partial charge in [-0.2, -0.15) is 0 Å². The van der Waals surface area contributed by atoms with Crippen molar-refractivity contribution in [2.75, 3.05) is 7.11 Å². The Bertz CT molecular complexity index is 595. The largest absolute Gasteiger partial charge is 0.469 e. The summed E-state index contributed by atoms with van der Waals surface area (Å²) in [5.41, 5.74) is 2.03. The van der Waals surface area contributed by atoms with Gasteiger partial charge in [0.1, 0.15) is 0 Å². The first-order valence-corrected chi connectivity index (χ1v) is 8.60. The van der Waals surface area contributed by atoms with Crippen molar-refractivity contribution in [2.24, 2.45) is 5.92 Å². The molecule has 2 rings (SSSR count). The zero-order valence-electron chi connectivity index (χ0n) is 12.3. The Morgan fingerprint density at radius 1 is 1.29 bits per heavy atom. The summed E-state index contributed by atoms with van der Waals surface area (Å²) in [5.74, 6) is -0.983. The van der Waals surface area contributed by atoms with Gasteiger partial charge < -0.3 is 4.74 Å². The molecule has 21 heavy (non-hydrogen) atoms. The third kappa shape index (κ3) is 3.83. The smallest absolute Gasteiger partial charge is 0.310 e. The van der Waals surface area contributed by atoms with Gasteiger partial charge in [0.15, 0.2) is 0 Å². The lowest BCUT2D eigenvalue weighted by atomic mass is 10.1. The quantitative estimate of drug-likeness (QED) is 0.841. The van der Waals surface area contributed by atoms with Gasteiger partial charge in [-0.1, -0.05) is 36.2 Å². The number of rotatable bonds is 5. The van der Waals surface area contributed by atoms with E-state index in [1.807, 2.05) is 31.2 Å². The molecule has 1 N–H and O–H groups in total. The van der Waals surface area contributed by atoms with Crippen molar-refractivity contribution in [1.29, 1.82) is 0 Å². The SMILES string of the molecule is COC(=O)C1CCCC1S(=O)(=O)NCc1ccc(C)cc1. The lowest BCUT2D eigenvalue weighted by Crippen LogP contribution is -2.39. The van der Waals surface area contributed by atoms with Crippen molar-refractivity contribution >= 4 is 16.0 Å². The minimum absolute atomic E-state index is 0.243. The highest BCUT2D eigenvalue weighted by Crippen LogP contribution is 2.31. The first kappa shape index (κ1) is 16.0. The number of benzene rings is 1. The van der Waals surface area contributed by atoms with E-state index in [2.05, 4.69) is 4.72 Å². The maximum absolute atomic E-state index is 12.4. The molecule has 0 radical (unpaired) electrons. The summed E-state index contributed by atoms with van der Waals surface area (Å²) in [4.78, 5) is 11.7. The van der Waals surface area contributed by atoms with Gasteiger partial charge in [-0.15, -0.1) is 0 Å². The molecule has 1 aromatic carbocycles. The average Bonchev–Trinajstić information content (AvgIpc) is 2.96. The van der Waals surface area contributed by atoms with Crippen LogP contribution in [-0.4, -0.2) is 26.7 Å². The number of ether oxygens (including phenoxy) is 1. The minimum Gasteiger partial charge on any atom is -0.469 e. The minimum atomic E-state index is -3.52. The highest BCUT2D eigenvalue weighted by Gasteiger charge is 2.41. The fourth-order valence-corrected chi connectivity index (χ4v) is 4.45. The predicted octanol–water partition coefficient (Wildman–Crippen LogP) is 1.76.